The Bertz CT molecular complexity index is 448. The molecule has 0 aromatic carbocycles. The molecule has 21 heavy (non-hydrogen) atoms. The monoisotopic (exact) mass is 289 g/mol. The highest BCUT2D eigenvalue weighted by Crippen LogP contribution is 2.20. The summed E-state index contributed by atoms with van der Waals surface area (Å²) in [6.45, 7) is 10.8. The summed E-state index contributed by atoms with van der Waals surface area (Å²) in [5, 5.41) is 2.97. The van der Waals surface area contributed by atoms with E-state index in [1.165, 1.54) is 19.5 Å². The van der Waals surface area contributed by atoms with Crippen molar-refractivity contribution in [1.29, 1.82) is 0 Å². The van der Waals surface area contributed by atoms with E-state index in [1.54, 1.807) is 6.20 Å². The van der Waals surface area contributed by atoms with E-state index in [1.807, 2.05) is 19.1 Å². The molecule has 1 amide bonds. The number of likely N-dealkylation sites (tertiary alicyclic amines) is 1. The largest absolute Gasteiger partial charge is 0.352 e. The second-order valence-corrected chi connectivity index (χ2v) is 6.50. The van der Waals surface area contributed by atoms with Crippen LogP contribution in [0.5, 0.6) is 0 Å². The second kappa shape index (κ2) is 7.55. The summed E-state index contributed by atoms with van der Waals surface area (Å²) in [5.74, 6) is 1.56. The molecular weight excluding hydrogens is 262 g/mol. The summed E-state index contributed by atoms with van der Waals surface area (Å²) in [6, 6.07) is 3.69. The minimum atomic E-state index is -0.0251. The molecule has 0 bridgehead atoms. The van der Waals surface area contributed by atoms with Crippen LogP contribution in [0.4, 0.5) is 0 Å². The van der Waals surface area contributed by atoms with Gasteiger partial charge < -0.3 is 10.2 Å². The molecule has 0 saturated carbocycles. The zero-order valence-corrected chi connectivity index (χ0v) is 13.4. The molecule has 0 radical (unpaired) electrons. The Kier molecular flexibility index (Phi) is 5.74. The van der Waals surface area contributed by atoms with Gasteiger partial charge in [0.25, 0.3) is 5.91 Å². The van der Waals surface area contributed by atoms with Crippen molar-refractivity contribution in [2.45, 2.75) is 33.6 Å². The lowest BCUT2D eigenvalue weighted by molar-refractivity contribution is 0.0947. The van der Waals surface area contributed by atoms with Gasteiger partial charge in [0.1, 0.15) is 0 Å². The van der Waals surface area contributed by atoms with Crippen LogP contribution < -0.4 is 5.32 Å². The number of aromatic nitrogens is 1. The van der Waals surface area contributed by atoms with Gasteiger partial charge >= 0.3 is 0 Å². The first-order valence-corrected chi connectivity index (χ1v) is 7.98. The zero-order valence-electron chi connectivity index (χ0n) is 13.4. The second-order valence-electron chi connectivity index (χ2n) is 6.50. The Morgan fingerprint density at radius 2 is 2.05 bits per heavy atom. The molecule has 0 aliphatic carbocycles. The molecule has 4 heteroatoms. The number of amides is 1. The van der Waals surface area contributed by atoms with Crippen LogP contribution in [0.3, 0.4) is 0 Å². The van der Waals surface area contributed by atoms with Gasteiger partial charge in [0.15, 0.2) is 0 Å². The number of carbonyl (C=O) groups excluding carboxylic acids is 1. The van der Waals surface area contributed by atoms with Gasteiger partial charge in [-0.1, -0.05) is 13.8 Å². The van der Waals surface area contributed by atoms with E-state index in [0.29, 0.717) is 5.56 Å². The number of aryl methyl sites for hydroxylation is 1. The van der Waals surface area contributed by atoms with E-state index in [-0.39, 0.29) is 5.91 Å². The summed E-state index contributed by atoms with van der Waals surface area (Å²) in [4.78, 5) is 18.6. The molecule has 2 rings (SSSR count). The number of rotatable bonds is 5. The van der Waals surface area contributed by atoms with Crippen LogP contribution >= 0.6 is 0 Å². The van der Waals surface area contributed by atoms with Crippen LogP contribution in [0.15, 0.2) is 18.3 Å². The summed E-state index contributed by atoms with van der Waals surface area (Å²) in [5.41, 5.74) is 1.57. The Hall–Kier alpha value is -1.42. The van der Waals surface area contributed by atoms with E-state index in [0.717, 1.165) is 37.0 Å². The number of hydrogen-bond acceptors (Lipinski definition) is 3. The molecule has 1 N–H and O–H groups in total. The highest BCUT2D eigenvalue weighted by molar-refractivity contribution is 5.93. The van der Waals surface area contributed by atoms with Crippen LogP contribution in [-0.2, 0) is 0 Å². The predicted molar refractivity (Wildman–Crippen MR) is 85.3 cm³/mol. The van der Waals surface area contributed by atoms with Crippen molar-refractivity contribution < 1.29 is 4.79 Å². The smallest absolute Gasteiger partial charge is 0.252 e. The molecule has 4 nitrogen and oxygen atoms in total. The normalized spacial score (nSPS) is 23.0. The van der Waals surface area contributed by atoms with Gasteiger partial charge in [-0.2, -0.15) is 0 Å². The lowest BCUT2D eigenvalue weighted by Gasteiger charge is -2.34. The summed E-state index contributed by atoms with van der Waals surface area (Å²) in [7, 11) is 0. The Labute approximate surface area is 127 Å². The average Bonchev–Trinajstić information content (AvgIpc) is 2.43. The topological polar surface area (TPSA) is 45.2 Å². The summed E-state index contributed by atoms with van der Waals surface area (Å²) >= 11 is 0. The summed E-state index contributed by atoms with van der Waals surface area (Å²) in [6.07, 6.45) is 3.98. The Balaban J connectivity index is 1.67. The molecule has 2 heterocycles. The molecule has 1 aromatic heterocycles. The van der Waals surface area contributed by atoms with Crippen molar-refractivity contribution in [3.05, 3.63) is 29.6 Å². The number of nitrogens with zero attached hydrogens (tertiary/aromatic N) is 2. The first-order valence-electron chi connectivity index (χ1n) is 7.98. The standard InChI is InChI=1S/C17H27N3O/c1-13-9-14(2)12-20(11-13)8-4-7-18-17(21)16-6-5-15(3)19-10-16/h5-6,10,13-14H,4,7-9,11-12H2,1-3H3,(H,18,21)/t13-,14-/m0/s1. The average molecular weight is 289 g/mol. The molecule has 0 spiro atoms. The van der Waals surface area contributed by atoms with Gasteiger partial charge in [0, 0.05) is 31.5 Å². The predicted octanol–water partition coefficient (Wildman–Crippen LogP) is 2.49. The molecule has 2 atom stereocenters. The lowest BCUT2D eigenvalue weighted by atomic mass is 9.92. The fourth-order valence-corrected chi connectivity index (χ4v) is 3.18. The van der Waals surface area contributed by atoms with E-state index < -0.39 is 0 Å². The highest BCUT2D eigenvalue weighted by Gasteiger charge is 2.21. The molecule has 1 aromatic rings. The van der Waals surface area contributed by atoms with Crippen molar-refractivity contribution in [1.82, 2.24) is 15.2 Å². The third kappa shape index (κ3) is 5.12. The van der Waals surface area contributed by atoms with Gasteiger partial charge in [-0.25, -0.2) is 0 Å². The first kappa shape index (κ1) is 16.0. The third-order valence-corrected chi connectivity index (χ3v) is 4.05. The molecule has 1 aliphatic rings. The van der Waals surface area contributed by atoms with Crippen molar-refractivity contribution >= 4 is 5.91 Å². The fraction of sp³-hybridized carbons (Fsp3) is 0.647. The van der Waals surface area contributed by atoms with E-state index >= 15 is 0 Å². The molecule has 1 saturated heterocycles. The molecule has 1 aliphatic heterocycles. The van der Waals surface area contributed by atoms with Gasteiger partial charge in [-0.3, -0.25) is 9.78 Å². The Morgan fingerprint density at radius 3 is 2.67 bits per heavy atom. The molecular formula is C17H27N3O. The van der Waals surface area contributed by atoms with Crippen LogP contribution in [0.2, 0.25) is 0 Å². The third-order valence-electron chi connectivity index (χ3n) is 4.05. The number of nitrogens with one attached hydrogen (secondary N) is 1. The van der Waals surface area contributed by atoms with Crippen molar-refractivity contribution in [3.8, 4) is 0 Å². The molecule has 0 unspecified atom stereocenters. The van der Waals surface area contributed by atoms with Crippen LogP contribution in [0.25, 0.3) is 0 Å². The minimum Gasteiger partial charge on any atom is -0.352 e. The number of pyridine rings is 1. The quantitative estimate of drug-likeness (QED) is 0.847. The van der Waals surface area contributed by atoms with Gasteiger partial charge in [0.2, 0.25) is 0 Å². The number of carbonyl (C=O) groups is 1. The first-order chi connectivity index (χ1) is 10.0. The maximum atomic E-state index is 11.9. The van der Waals surface area contributed by atoms with Crippen molar-refractivity contribution in [2.24, 2.45) is 11.8 Å². The van der Waals surface area contributed by atoms with Crippen molar-refractivity contribution in [2.75, 3.05) is 26.2 Å². The SMILES string of the molecule is Cc1ccc(C(=O)NCCCN2C[C@@H](C)C[C@H](C)C2)cn1. The van der Waals surface area contributed by atoms with Gasteiger partial charge in [0.05, 0.1) is 5.56 Å². The Morgan fingerprint density at radius 1 is 1.33 bits per heavy atom. The number of hydrogen-bond donors (Lipinski definition) is 1. The highest BCUT2D eigenvalue weighted by atomic mass is 16.1. The maximum Gasteiger partial charge on any atom is 0.252 e. The zero-order chi connectivity index (χ0) is 15.2. The molecule has 116 valence electrons. The van der Waals surface area contributed by atoms with Crippen molar-refractivity contribution in [3.63, 3.8) is 0 Å². The van der Waals surface area contributed by atoms with E-state index in [4.69, 9.17) is 0 Å². The minimum absolute atomic E-state index is 0.0251. The van der Waals surface area contributed by atoms with Crippen LogP contribution in [-0.4, -0.2) is 42.0 Å². The fourth-order valence-electron chi connectivity index (χ4n) is 3.18. The maximum absolute atomic E-state index is 11.9. The van der Waals surface area contributed by atoms with Crippen LogP contribution in [0.1, 0.15) is 42.7 Å². The number of piperidine rings is 1. The molecule has 1 fully saturated rings. The summed E-state index contributed by atoms with van der Waals surface area (Å²) < 4.78 is 0. The van der Waals surface area contributed by atoms with E-state index in [9.17, 15) is 4.79 Å². The van der Waals surface area contributed by atoms with E-state index in [2.05, 4.69) is 29.0 Å². The van der Waals surface area contributed by atoms with Gasteiger partial charge in [-0.05, 0) is 50.3 Å². The lowest BCUT2D eigenvalue weighted by Crippen LogP contribution is -2.40. The van der Waals surface area contributed by atoms with Crippen LogP contribution in [0, 0.1) is 18.8 Å². The van der Waals surface area contributed by atoms with Gasteiger partial charge in [-0.15, -0.1) is 0 Å².